The van der Waals surface area contributed by atoms with E-state index in [4.69, 9.17) is 14.2 Å². The molecule has 0 aromatic carbocycles. The van der Waals surface area contributed by atoms with Crippen molar-refractivity contribution < 1.29 is 19.0 Å². The molecule has 3 saturated carbocycles. The largest absolute Gasteiger partial charge is 0.462 e. The van der Waals surface area contributed by atoms with E-state index in [0.29, 0.717) is 0 Å². The summed E-state index contributed by atoms with van der Waals surface area (Å²) in [6, 6.07) is 0. The van der Waals surface area contributed by atoms with Crippen LogP contribution < -0.4 is 0 Å². The summed E-state index contributed by atoms with van der Waals surface area (Å²) >= 11 is 0. The minimum absolute atomic E-state index is 0.109. The lowest BCUT2D eigenvalue weighted by Crippen LogP contribution is -2.49. The van der Waals surface area contributed by atoms with E-state index in [1.807, 2.05) is 0 Å². The number of esters is 1. The van der Waals surface area contributed by atoms with Crippen molar-refractivity contribution in [3.05, 3.63) is 11.6 Å². The van der Waals surface area contributed by atoms with Gasteiger partial charge in [-0.25, -0.2) is 0 Å². The lowest BCUT2D eigenvalue weighted by Gasteiger charge is -2.54. The Bertz CT molecular complexity index is 620. The zero-order valence-corrected chi connectivity index (χ0v) is 16.2. The minimum atomic E-state index is -0.393. The van der Waals surface area contributed by atoms with Gasteiger partial charge in [0.1, 0.15) is 6.10 Å². The number of rotatable bonds is 1. The maximum atomic E-state index is 11.6. The number of carbonyl (C=O) groups is 1. The average Bonchev–Trinajstić information content (AvgIpc) is 3.19. The summed E-state index contributed by atoms with van der Waals surface area (Å²) in [7, 11) is 0. The van der Waals surface area contributed by atoms with Gasteiger partial charge in [-0.05, 0) is 74.7 Å². The number of hydrogen-bond acceptors (Lipinski definition) is 4. The molecule has 4 aliphatic carbocycles. The van der Waals surface area contributed by atoms with Crippen LogP contribution in [0.4, 0.5) is 0 Å². The fourth-order valence-electron chi connectivity index (χ4n) is 7.36. The molecule has 26 heavy (non-hydrogen) atoms. The quantitative estimate of drug-likeness (QED) is 0.518. The molecule has 144 valence electrons. The molecule has 5 rings (SSSR count). The fourth-order valence-corrected chi connectivity index (χ4v) is 7.36. The van der Waals surface area contributed by atoms with Crippen molar-refractivity contribution in [3.63, 3.8) is 0 Å². The molecule has 4 fully saturated rings. The summed E-state index contributed by atoms with van der Waals surface area (Å²) in [5.74, 6) is 2.56. The van der Waals surface area contributed by atoms with E-state index in [9.17, 15) is 4.79 Å². The summed E-state index contributed by atoms with van der Waals surface area (Å²) in [5, 5.41) is 0. The van der Waals surface area contributed by atoms with Crippen molar-refractivity contribution in [3.8, 4) is 0 Å². The van der Waals surface area contributed by atoms with Crippen LogP contribution in [0, 0.1) is 29.1 Å². The highest BCUT2D eigenvalue weighted by Gasteiger charge is 2.58. The summed E-state index contributed by atoms with van der Waals surface area (Å²) in [5.41, 5.74) is 1.80. The Kier molecular flexibility index (Phi) is 4.02. The van der Waals surface area contributed by atoms with Crippen LogP contribution in [-0.2, 0) is 19.0 Å². The third-order valence-corrected chi connectivity index (χ3v) is 8.46. The van der Waals surface area contributed by atoms with Crippen molar-refractivity contribution in [2.45, 2.75) is 77.1 Å². The van der Waals surface area contributed by atoms with Crippen LogP contribution in [-0.4, -0.2) is 31.1 Å². The molecule has 0 amide bonds. The maximum absolute atomic E-state index is 11.6. The number of allylic oxidation sites excluding steroid dienone is 1. The summed E-state index contributed by atoms with van der Waals surface area (Å²) in [6.45, 7) is 5.43. The molecule has 0 bridgehead atoms. The molecular weight excluding hydrogens is 328 g/mol. The fraction of sp³-hybridized carbons (Fsp3) is 0.864. The van der Waals surface area contributed by atoms with Crippen LogP contribution in [0.15, 0.2) is 11.6 Å². The van der Waals surface area contributed by atoms with Crippen molar-refractivity contribution >= 4 is 5.97 Å². The highest BCUT2D eigenvalue weighted by Crippen LogP contribution is 2.62. The van der Waals surface area contributed by atoms with Crippen molar-refractivity contribution in [2.24, 2.45) is 29.1 Å². The van der Waals surface area contributed by atoms with Crippen molar-refractivity contribution in [2.75, 3.05) is 13.2 Å². The highest BCUT2D eigenvalue weighted by atomic mass is 16.7. The van der Waals surface area contributed by atoms with E-state index < -0.39 is 5.79 Å². The predicted molar refractivity (Wildman–Crippen MR) is 97.3 cm³/mol. The molecule has 4 heteroatoms. The van der Waals surface area contributed by atoms with Gasteiger partial charge >= 0.3 is 5.97 Å². The van der Waals surface area contributed by atoms with Gasteiger partial charge in [-0.3, -0.25) is 4.79 Å². The first kappa shape index (κ1) is 17.2. The maximum Gasteiger partial charge on any atom is 0.302 e. The first-order valence-corrected chi connectivity index (χ1v) is 10.7. The molecule has 1 saturated heterocycles. The molecule has 6 atom stereocenters. The monoisotopic (exact) mass is 360 g/mol. The SMILES string of the molecule is CC(=O)O[C@H]1CC[C@H]2[C@@H]3CCC4=CC5(CC[C@@H]4[C@H]3CC[C@]12C)OCCO5. The first-order valence-electron chi connectivity index (χ1n) is 10.7. The van der Waals surface area contributed by atoms with E-state index in [2.05, 4.69) is 13.0 Å². The summed E-state index contributed by atoms with van der Waals surface area (Å²) in [6.07, 6.45) is 12.0. The van der Waals surface area contributed by atoms with Gasteiger partial charge in [0.15, 0.2) is 5.79 Å². The summed E-state index contributed by atoms with van der Waals surface area (Å²) < 4.78 is 17.7. The molecule has 0 aromatic rings. The van der Waals surface area contributed by atoms with Crippen LogP contribution in [0.25, 0.3) is 0 Å². The highest BCUT2D eigenvalue weighted by molar-refractivity contribution is 5.66. The smallest absolute Gasteiger partial charge is 0.302 e. The molecule has 0 radical (unpaired) electrons. The van der Waals surface area contributed by atoms with Crippen molar-refractivity contribution in [1.29, 1.82) is 0 Å². The Labute approximate surface area is 156 Å². The number of carbonyl (C=O) groups excluding carboxylic acids is 1. The molecule has 5 aliphatic rings. The van der Waals surface area contributed by atoms with Crippen LogP contribution in [0.1, 0.15) is 65.2 Å². The Morgan fingerprint density at radius 1 is 1.08 bits per heavy atom. The second-order valence-corrected chi connectivity index (χ2v) is 9.57. The standard InChI is InChI=1S/C22H32O4/c1-14(23)26-20-6-5-19-18-4-3-15-13-22(24-11-12-25-22)10-8-16(15)17(18)7-9-21(19,20)2/h13,16-20H,3-12H2,1-2H3/t16-,17+,18+,19-,20-,21-/m0/s1. The molecule has 0 N–H and O–H groups in total. The van der Waals surface area contributed by atoms with Crippen LogP contribution in [0.2, 0.25) is 0 Å². The predicted octanol–water partition coefficient (Wildman–Crippen LogP) is 4.23. The Morgan fingerprint density at radius 2 is 1.88 bits per heavy atom. The third kappa shape index (κ3) is 2.51. The van der Waals surface area contributed by atoms with Gasteiger partial charge in [-0.1, -0.05) is 12.5 Å². The Hall–Kier alpha value is -0.870. The van der Waals surface area contributed by atoms with Gasteiger partial charge in [-0.15, -0.1) is 0 Å². The minimum Gasteiger partial charge on any atom is -0.462 e. The lowest BCUT2D eigenvalue weighted by molar-refractivity contribution is -0.157. The van der Waals surface area contributed by atoms with Gasteiger partial charge in [0.2, 0.25) is 0 Å². The molecule has 1 heterocycles. The van der Waals surface area contributed by atoms with E-state index in [1.54, 1.807) is 12.5 Å². The first-order chi connectivity index (χ1) is 12.5. The molecule has 4 nitrogen and oxygen atoms in total. The molecule has 1 spiro atoms. The zero-order chi connectivity index (χ0) is 17.9. The number of fused-ring (bicyclic) bond motifs is 5. The molecular formula is C22H32O4. The van der Waals surface area contributed by atoms with Gasteiger partial charge < -0.3 is 14.2 Å². The van der Waals surface area contributed by atoms with Crippen LogP contribution >= 0.6 is 0 Å². The van der Waals surface area contributed by atoms with Gasteiger partial charge in [0.25, 0.3) is 0 Å². The molecule has 0 unspecified atom stereocenters. The third-order valence-electron chi connectivity index (χ3n) is 8.46. The zero-order valence-electron chi connectivity index (χ0n) is 16.2. The van der Waals surface area contributed by atoms with Crippen LogP contribution in [0.5, 0.6) is 0 Å². The Morgan fingerprint density at radius 3 is 2.65 bits per heavy atom. The molecule has 0 aromatic heterocycles. The van der Waals surface area contributed by atoms with E-state index in [0.717, 1.165) is 49.7 Å². The Balaban J connectivity index is 1.37. The van der Waals surface area contributed by atoms with E-state index in [1.165, 1.54) is 38.5 Å². The molecule has 1 aliphatic heterocycles. The lowest BCUT2D eigenvalue weighted by atomic mass is 9.52. The number of ether oxygens (including phenoxy) is 3. The summed E-state index contributed by atoms with van der Waals surface area (Å²) in [4.78, 5) is 11.6. The van der Waals surface area contributed by atoms with Gasteiger partial charge in [-0.2, -0.15) is 0 Å². The topological polar surface area (TPSA) is 44.8 Å². The second kappa shape index (κ2) is 6.07. The van der Waals surface area contributed by atoms with Crippen LogP contribution in [0.3, 0.4) is 0 Å². The second-order valence-electron chi connectivity index (χ2n) is 9.57. The van der Waals surface area contributed by atoms with Crippen molar-refractivity contribution in [1.82, 2.24) is 0 Å². The average molecular weight is 360 g/mol. The van der Waals surface area contributed by atoms with Gasteiger partial charge in [0, 0.05) is 18.8 Å². The number of hydrogen-bond donors (Lipinski definition) is 0. The van der Waals surface area contributed by atoms with E-state index in [-0.39, 0.29) is 17.5 Å². The normalized spacial score (nSPS) is 46.2. The van der Waals surface area contributed by atoms with Gasteiger partial charge in [0.05, 0.1) is 13.2 Å². The van der Waals surface area contributed by atoms with E-state index >= 15 is 0 Å².